The van der Waals surface area contributed by atoms with Gasteiger partial charge in [0.05, 0.1) is 0 Å². The van der Waals surface area contributed by atoms with Crippen molar-refractivity contribution in [2.75, 3.05) is 6.61 Å². The zero-order valence-corrected chi connectivity index (χ0v) is 12.2. The van der Waals surface area contributed by atoms with Crippen molar-refractivity contribution in [3.63, 3.8) is 0 Å². The van der Waals surface area contributed by atoms with Crippen molar-refractivity contribution in [3.8, 4) is 0 Å². The highest BCUT2D eigenvalue weighted by atomic mass is 16.5. The van der Waals surface area contributed by atoms with Crippen LogP contribution in [0.5, 0.6) is 0 Å². The van der Waals surface area contributed by atoms with Crippen LogP contribution in [0.15, 0.2) is 0 Å². The number of carbonyl (C=O) groups excluding carboxylic acids is 1. The molecule has 0 N–H and O–H groups in total. The summed E-state index contributed by atoms with van der Waals surface area (Å²) in [6.07, 6.45) is 9.51. The summed E-state index contributed by atoms with van der Waals surface area (Å²) in [6.45, 7) is 8.59. The van der Waals surface area contributed by atoms with Crippen LogP contribution in [-0.2, 0) is 9.53 Å². The van der Waals surface area contributed by atoms with Gasteiger partial charge in [-0.15, -0.1) is 0 Å². The Morgan fingerprint density at radius 2 is 1.47 bits per heavy atom. The highest BCUT2D eigenvalue weighted by molar-refractivity contribution is 5.86. The summed E-state index contributed by atoms with van der Waals surface area (Å²) < 4.78 is 5.66. The molecule has 0 unspecified atom stereocenters. The molecule has 0 aromatic rings. The first-order chi connectivity index (χ1) is 8.04. The Morgan fingerprint density at radius 3 is 2.00 bits per heavy atom. The molecule has 102 valence electrons. The molecule has 0 fully saturated rings. The number of rotatable bonds is 11. The average Bonchev–Trinajstić information content (AvgIpc) is 2.31. The van der Waals surface area contributed by atoms with Gasteiger partial charge in [-0.05, 0) is 20.3 Å². The number of ether oxygens (including phenoxy) is 1. The van der Waals surface area contributed by atoms with E-state index in [0.29, 0.717) is 13.0 Å². The molecule has 2 heteroatoms. The molecule has 0 aromatic carbocycles. The lowest BCUT2D eigenvalue weighted by molar-refractivity contribution is -0.140. The standard InChI is InChI=1S/C15H30O2/c1-5-7-8-9-10-11-12-13-17-15(3,4)14(16)6-2/h5-13H2,1-4H3. The van der Waals surface area contributed by atoms with Crippen LogP contribution in [0.4, 0.5) is 0 Å². The number of carbonyl (C=O) groups is 1. The van der Waals surface area contributed by atoms with Crippen LogP contribution in [0.25, 0.3) is 0 Å². The van der Waals surface area contributed by atoms with Gasteiger partial charge in [-0.1, -0.05) is 52.4 Å². The first-order valence-electron chi connectivity index (χ1n) is 7.21. The Bertz CT molecular complexity index is 197. The van der Waals surface area contributed by atoms with E-state index in [-0.39, 0.29) is 5.78 Å². The van der Waals surface area contributed by atoms with E-state index in [1.165, 1.54) is 38.5 Å². The quantitative estimate of drug-likeness (QED) is 0.498. The van der Waals surface area contributed by atoms with Gasteiger partial charge >= 0.3 is 0 Å². The van der Waals surface area contributed by atoms with Crippen LogP contribution in [0.3, 0.4) is 0 Å². The molecule has 0 amide bonds. The fraction of sp³-hybridized carbons (Fsp3) is 0.933. The highest BCUT2D eigenvalue weighted by Gasteiger charge is 2.25. The molecular weight excluding hydrogens is 212 g/mol. The topological polar surface area (TPSA) is 26.3 Å². The van der Waals surface area contributed by atoms with Crippen LogP contribution in [-0.4, -0.2) is 18.0 Å². The van der Waals surface area contributed by atoms with Crippen molar-refractivity contribution < 1.29 is 9.53 Å². The Morgan fingerprint density at radius 1 is 0.941 bits per heavy atom. The van der Waals surface area contributed by atoms with Gasteiger partial charge in [-0.2, -0.15) is 0 Å². The van der Waals surface area contributed by atoms with Crippen molar-refractivity contribution in [2.24, 2.45) is 0 Å². The number of hydrogen-bond donors (Lipinski definition) is 0. The maximum atomic E-state index is 11.5. The van der Waals surface area contributed by atoms with Crippen molar-refractivity contribution in [2.45, 2.75) is 84.7 Å². The molecule has 0 atom stereocenters. The van der Waals surface area contributed by atoms with E-state index < -0.39 is 5.60 Å². The fourth-order valence-corrected chi connectivity index (χ4v) is 1.89. The van der Waals surface area contributed by atoms with E-state index >= 15 is 0 Å². The molecule has 0 aliphatic rings. The van der Waals surface area contributed by atoms with Crippen molar-refractivity contribution >= 4 is 5.78 Å². The van der Waals surface area contributed by atoms with E-state index in [9.17, 15) is 4.79 Å². The summed E-state index contributed by atoms with van der Waals surface area (Å²) in [7, 11) is 0. The van der Waals surface area contributed by atoms with Crippen LogP contribution < -0.4 is 0 Å². The van der Waals surface area contributed by atoms with E-state index in [4.69, 9.17) is 4.74 Å². The lowest BCUT2D eigenvalue weighted by Crippen LogP contribution is -2.34. The second-order valence-corrected chi connectivity index (χ2v) is 5.26. The van der Waals surface area contributed by atoms with Crippen LogP contribution >= 0.6 is 0 Å². The van der Waals surface area contributed by atoms with E-state index in [2.05, 4.69) is 6.92 Å². The maximum Gasteiger partial charge on any atom is 0.163 e. The van der Waals surface area contributed by atoms with Gasteiger partial charge in [0, 0.05) is 13.0 Å². The third kappa shape index (κ3) is 8.37. The average molecular weight is 242 g/mol. The Balaban J connectivity index is 3.42. The maximum absolute atomic E-state index is 11.5. The van der Waals surface area contributed by atoms with Crippen molar-refractivity contribution in [1.82, 2.24) is 0 Å². The van der Waals surface area contributed by atoms with Crippen LogP contribution in [0, 0.1) is 0 Å². The molecule has 0 bridgehead atoms. The van der Waals surface area contributed by atoms with Crippen LogP contribution in [0.1, 0.15) is 79.1 Å². The molecule has 0 saturated carbocycles. The van der Waals surface area contributed by atoms with Gasteiger partial charge in [0.15, 0.2) is 5.78 Å². The monoisotopic (exact) mass is 242 g/mol. The van der Waals surface area contributed by atoms with E-state index in [1.807, 2.05) is 20.8 Å². The van der Waals surface area contributed by atoms with Gasteiger partial charge in [-0.3, -0.25) is 4.79 Å². The minimum absolute atomic E-state index is 0.195. The minimum atomic E-state index is -0.586. The molecule has 0 saturated heterocycles. The first kappa shape index (κ1) is 16.6. The molecule has 0 aliphatic heterocycles. The predicted molar refractivity (Wildman–Crippen MR) is 73.3 cm³/mol. The lowest BCUT2D eigenvalue weighted by atomic mass is 10.0. The number of ketones is 1. The van der Waals surface area contributed by atoms with E-state index in [0.717, 1.165) is 6.42 Å². The Kier molecular flexibility index (Phi) is 9.43. The molecule has 2 nitrogen and oxygen atoms in total. The molecular formula is C15H30O2. The normalized spacial score (nSPS) is 11.8. The smallest absolute Gasteiger partial charge is 0.163 e. The SMILES string of the molecule is CCCCCCCCCOC(C)(C)C(=O)CC. The molecule has 0 radical (unpaired) electrons. The first-order valence-corrected chi connectivity index (χ1v) is 7.21. The zero-order valence-electron chi connectivity index (χ0n) is 12.2. The summed E-state index contributed by atoms with van der Waals surface area (Å²) in [5.41, 5.74) is -0.586. The summed E-state index contributed by atoms with van der Waals surface area (Å²) >= 11 is 0. The van der Waals surface area contributed by atoms with Gasteiger partial charge in [0.25, 0.3) is 0 Å². The van der Waals surface area contributed by atoms with Crippen molar-refractivity contribution in [1.29, 1.82) is 0 Å². The van der Waals surface area contributed by atoms with Gasteiger partial charge in [-0.25, -0.2) is 0 Å². The molecule has 17 heavy (non-hydrogen) atoms. The van der Waals surface area contributed by atoms with Gasteiger partial charge < -0.3 is 4.74 Å². The second kappa shape index (κ2) is 9.64. The molecule has 0 heterocycles. The number of Topliss-reactive ketones (excluding diaryl/α,β-unsaturated/α-hetero) is 1. The Hall–Kier alpha value is -0.370. The highest BCUT2D eigenvalue weighted by Crippen LogP contribution is 2.14. The van der Waals surface area contributed by atoms with Crippen molar-refractivity contribution in [3.05, 3.63) is 0 Å². The number of hydrogen-bond acceptors (Lipinski definition) is 2. The van der Waals surface area contributed by atoms with Gasteiger partial charge in [0.1, 0.15) is 5.60 Å². The van der Waals surface area contributed by atoms with Gasteiger partial charge in [0.2, 0.25) is 0 Å². The third-order valence-electron chi connectivity index (χ3n) is 3.20. The lowest BCUT2D eigenvalue weighted by Gasteiger charge is -2.23. The zero-order chi connectivity index (χ0) is 13.1. The second-order valence-electron chi connectivity index (χ2n) is 5.26. The van der Waals surface area contributed by atoms with E-state index in [1.54, 1.807) is 0 Å². The molecule has 0 aromatic heterocycles. The third-order valence-corrected chi connectivity index (χ3v) is 3.20. The Labute approximate surface area is 107 Å². The number of unbranched alkanes of at least 4 members (excludes halogenated alkanes) is 6. The summed E-state index contributed by atoms with van der Waals surface area (Å²) in [4.78, 5) is 11.5. The summed E-state index contributed by atoms with van der Waals surface area (Å²) in [5, 5.41) is 0. The predicted octanol–water partition coefficient (Wildman–Crippen LogP) is 4.51. The molecule has 0 spiro atoms. The summed E-state index contributed by atoms with van der Waals surface area (Å²) in [6, 6.07) is 0. The molecule has 0 aliphatic carbocycles. The fourth-order valence-electron chi connectivity index (χ4n) is 1.89. The largest absolute Gasteiger partial charge is 0.368 e. The minimum Gasteiger partial charge on any atom is -0.368 e. The van der Waals surface area contributed by atoms with Crippen LogP contribution in [0.2, 0.25) is 0 Å². The molecule has 0 rings (SSSR count). The summed E-state index contributed by atoms with van der Waals surface area (Å²) in [5.74, 6) is 0.195.